The molecule has 4 heterocycles. The smallest absolute Gasteiger partial charge is 0.258 e. The van der Waals surface area contributed by atoms with Crippen molar-refractivity contribution in [3.63, 3.8) is 0 Å². The fourth-order valence-corrected chi connectivity index (χ4v) is 7.10. The molecule has 0 aliphatic carbocycles. The maximum absolute atomic E-state index is 13.7. The summed E-state index contributed by atoms with van der Waals surface area (Å²) in [5.74, 6) is -0.700. The summed E-state index contributed by atoms with van der Waals surface area (Å²) in [6.07, 6.45) is 2.59. The zero-order valence-corrected chi connectivity index (χ0v) is 27.6. The van der Waals surface area contributed by atoms with Crippen LogP contribution in [-0.4, -0.2) is 115 Å². The Bertz CT molecular complexity index is 1590. The summed E-state index contributed by atoms with van der Waals surface area (Å²) in [5.41, 5.74) is 0.855. The van der Waals surface area contributed by atoms with Crippen LogP contribution >= 0.6 is 0 Å². The monoisotopic (exact) mass is 677 g/mol. The molecule has 2 fully saturated rings. The van der Waals surface area contributed by atoms with Gasteiger partial charge < -0.3 is 45.1 Å². The second-order valence-corrected chi connectivity index (χ2v) is 13.2. The van der Waals surface area contributed by atoms with Crippen LogP contribution in [0.25, 0.3) is 0 Å². The van der Waals surface area contributed by atoms with E-state index in [4.69, 9.17) is 14.2 Å². The molecule has 1 spiro atoms. The molecule has 14 heteroatoms. The Morgan fingerprint density at radius 1 is 0.959 bits per heavy atom. The highest BCUT2D eigenvalue weighted by Gasteiger charge is 2.40. The number of aliphatic hydroxyl groups is 1. The van der Waals surface area contributed by atoms with Gasteiger partial charge >= 0.3 is 0 Å². The maximum Gasteiger partial charge on any atom is 0.258 e. The van der Waals surface area contributed by atoms with Gasteiger partial charge in [-0.15, -0.1) is 0 Å². The molecular weight excluding hydrogens is 634 g/mol. The van der Waals surface area contributed by atoms with Crippen LogP contribution in [0.1, 0.15) is 48.5 Å². The van der Waals surface area contributed by atoms with Gasteiger partial charge in [0.25, 0.3) is 11.8 Å². The number of aliphatic hydroxyl groups excluding tert-OH is 1. The Hall–Kier alpha value is -4.85. The van der Waals surface area contributed by atoms with Crippen LogP contribution in [0.2, 0.25) is 0 Å². The van der Waals surface area contributed by atoms with E-state index in [0.717, 1.165) is 5.56 Å². The van der Waals surface area contributed by atoms with Crippen molar-refractivity contribution in [3.8, 4) is 17.2 Å². The summed E-state index contributed by atoms with van der Waals surface area (Å²) >= 11 is 0. The minimum absolute atomic E-state index is 0.164. The normalized spacial score (nSPS) is 24.7. The van der Waals surface area contributed by atoms with Gasteiger partial charge in [0, 0.05) is 26.2 Å². The average Bonchev–Trinajstić information content (AvgIpc) is 3.61. The number of ether oxygens (including phenoxy) is 3. The lowest BCUT2D eigenvalue weighted by molar-refractivity contribution is -0.142. The highest BCUT2D eigenvalue weighted by Crippen LogP contribution is 2.38. The minimum atomic E-state index is -1.23. The third kappa shape index (κ3) is 7.58. The number of para-hydroxylation sites is 1. The number of piperidine rings is 1. The lowest BCUT2D eigenvalue weighted by atomic mass is 9.73. The molecule has 14 nitrogen and oxygen atoms in total. The number of hydrogen-bond acceptors (Lipinski definition) is 9. The first-order valence-corrected chi connectivity index (χ1v) is 16.8. The fourth-order valence-electron chi connectivity index (χ4n) is 7.10. The van der Waals surface area contributed by atoms with Gasteiger partial charge in [0.1, 0.15) is 37.1 Å². The zero-order chi connectivity index (χ0) is 34.5. The molecule has 4 aliphatic heterocycles. The molecule has 4 N–H and O–H groups in total. The van der Waals surface area contributed by atoms with Crippen molar-refractivity contribution in [2.75, 3.05) is 52.6 Å². The van der Waals surface area contributed by atoms with Crippen molar-refractivity contribution >= 4 is 29.5 Å². The topological polar surface area (TPSA) is 176 Å². The molecule has 0 saturated carbocycles. The van der Waals surface area contributed by atoms with Gasteiger partial charge in [-0.05, 0) is 74.3 Å². The number of amides is 5. The molecular formula is C35H43N5O9. The SMILES string of the molecule is C[C@@H]1NC(=O)COc2cccc(c2)CC2(CCN(C(=O)c3cccc4c3OCCO4)CC2)CNC(=O)[C@H](CO)NC(=O)[C@@H]2CCCN2C1=O. The summed E-state index contributed by atoms with van der Waals surface area (Å²) in [6.45, 7) is 2.77. The van der Waals surface area contributed by atoms with Crippen LogP contribution in [0.5, 0.6) is 17.2 Å². The third-order valence-electron chi connectivity index (χ3n) is 9.80. The Labute approximate surface area is 284 Å². The molecule has 5 amide bonds. The number of benzene rings is 2. The van der Waals surface area contributed by atoms with Crippen molar-refractivity contribution in [2.24, 2.45) is 5.41 Å². The number of carbonyl (C=O) groups excluding carboxylic acids is 5. The highest BCUT2D eigenvalue weighted by atomic mass is 16.6. The van der Waals surface area contributed by atoms with Gasteiger partial charge in [-0.2, -0.15) is 0 Å². The van der Waals surface area contributed by atoms with E-state index in [0.29, 0.717) is 87.8 Å². The summed E-state index contributed by atoms with van der Waals surface area (Å²) in [5, 5.41) is 18.4. The quantitative estimate of drug-likeness (QED) is 0.351. The second kappa shape index (κ2) is 14.7. The molecule has 4 aliphatic rings. The Morgan fingerprint density at radius 3 is 2.53 bits per heavy atom. The van der Waals surface area contributed by atoms with Gasteiger partial charge in [-0.3, -0.25) is 24.0 Å². The van der Waals surface area contributed by atoms with Crippen LogP contribution in [0, 0.1) is 5.41 Å². The van der Waals surface area contributed by atoms with Crippen molar-refractivity contribution in [3.05, 3.63) is 53.6 Å². The predicted molar refractivity (Wildman–Crippen MR) is 175 cm³/mol. The number of fused-ring (bicyclic) bond motifs is 4. The van der Waals surface area contributed by atoms with E-state index in [1.54, 1.807) is 36.1 Å². The van der Waals surface area contributed by atoms with E-state index in [9.17, 15) is 29.1 Å². The average molecular weight is 678 g/mol. The molecule has 49 heavy (non-hydrogen) atoms. The third-order valence-corrected chi connectivity index (χ3v) is 9.80. The van der Waals surface area contributed by atoms with Gasteiger partial charge in [-0.25, -0.2) is 0 Å². The van der Waals surface area contributed by atoms with E-state index in [2.05, 4.69) is 16.0 Å². The first kappa shape index (κ1) is 34.0. The van der Waals surface area contributed by atoms with Crippen molar-refractivity contribution in [1.82, 2.24) is 25.8 Å². The number of likely N-dealkylation sites (tertiary alicyclic amines) is 1. The van der Waals surface area contributed by atoms with Gasteiger partial charge in [0.15, 0.2) is 18.1 Å². The summed E-state index contributed by atoms with van der Waals surface area (Å²) in [7, 11) is 0. The first-order valence-electron chi connectivity index (χ1n) is 16.8. The Morgan fingerprint density at radius 2 is 1.73 bits per heavy atom. The molecule has 2 aromatic carbocycles. The fraction of sp³-hybridized carbons (Fsp3) is 0.514. The summed E-state index contributed by atoms with van der Waals surface area (Å²) in [4.78, 5) is 69.6. The molecule has 2 aromatic rings. The number of carbonyl (C=O) groups is 5. The molecule has 6 rings (SSSR count). The van der Waals surface area contributed by atoms with E-state index in [1.807, 2.05) is 18.2 Å². The van der Waals surface area contributed by atoms with E-state index in [-0.39, 0.29) is 19.1 Å². The van der Waals surface area contributed by atoms with Gasteiger partial charge in [0.2, 0.25) is 17.7 Å². The molecule has 262 valence electrons. The second-order valence-electron chi connectivity index (χ2n) is 13.2. The predicted octanol–water partition coefficient (Wildman–Crippen LogP) is 0.404. The number of nitrogens with one attached hydrogen (secondary N) is 3. The van der Waals surface area contributed by atoms with Crippen molar-refractivity contribution in [2.45, 2.75) is 57.2 Å². The van der Waals surface area contributed by atoms with E-state index < -0.39 is 53.8 Å². The Balaban J connectivity index is 1.23. The molecule has 0 unspecified atom stereocenters. The van der Waals surface area contributed by atoms with Crippen LogP contribution < -0.4 is 30.2 Å². The number of hydrogen-bond donors (Lipinski definition) is 4. The van der Waals surface area contributed by atoms with Crippen LogP contribution in [0.4, 0.5) is 0 Å². The zero-order valence-electron chi connectivity index (χ0n) is 27.6. The Kier molecular flexibility index (Phi) is 10.2. The van der Waals surface area contributed by atoms with Crippen LogP contribution in [-0.2, 0) is 25.6 Å². The number of rotatable bonds is 2. The number of nitrogens with zero attached hydrogens (tertiary/aromatic N) is 2. The molecule has 2 saturated heterocycles. The highest BCUT2D eigenvalue weighted by molar-refractivity contribution is 5.98. The van der Waals surface area contributed by atoms with Crippen LogP contribution in [0.15, 0.2) is 42.5 Å². The van der Waals surface area contributed by atoms with E-state index in [1.165, 1.54) is 4.90 Å². The molecule has 3 atom stereocenters. The van der Waals surface area contributed by atoms with Crippen LogP contribution in [0.3, 0.4) is 0 Å². The molecule has 0 radical (unpaired) electrons. The van der Waals surface area contributed by atoms with Crippen molar-refractivity contribution in [1.29, 1.82) is 0 Å². The maximum atomic E-state index is 13.7. The lowest BCUT2D eigenvalue weighted by Crippen LogP contribution is -2.57. The lowest BCUT2D eigenvalue weighted by Gasteiger charge is -2.42. The van der Waals surface area contributed by atoms with Gasteiger partial charge in [-0.1, -0.05) is 18.2 Å². The first-order chi connectivity index (χ1) is 23.7. The summed E-state index contributed by atoms with van der Waals surface area (Å²) in [6, 6.07) is 9.66. The standard InChI is InChI=1S/C35H43N5O9/c1-22-33(45)40-12-4-8-27(40)32(44)38-26(19-41)31(43)36-21-35(18-23-5-2-6-24(17-23)49-20-29(42)37-22)10-13-39(14-11-35)34(46)25-7-3-9-28-30(25)48-16-15-47-28/h2-3,5-7,9,17,22,26-27,41H,4,8,10-16,18-21H2,1H3,(H,36,43)(H,37,42)(H,38,44)/t22-,26-,27-/m0/s1. The van der Waals surface area contributed by atoms with E-state index >= 15 is 0 Å². The summed E-state index contributed by atoms with van der Waals surface area (Å²) < 4.78 is 17.3. The molecule has 2 bridgehead atoms. The minimum Gasteiger partial charge on any atom is -0.486 e. The van der Waals surface area contributed by atoms with Gasteiger partial charge in [0.05, 0.1) is 12.2 Å². The largest absolute Gasteiger partial charge is 0.486 e. The van der Waals surface area contributed by atoms with Crippen molar-refractivity contribution < 1.29 is 43.3 Å². The molecule has 0 aromatic heterocycles.